The van der Waals surface area contributed by atoms with E-state index in [1.807, 2.05) is 4.68 Å². The molecule has 0 atom stereocenters. The molecule has 1 aliphatic carbocycles. The zero-order chi connectivity index (χ0) is 13.2. The summed E-state index contributed by atoms with van der Waals surface area (Å²) in [6.45, 7) is 4.94. The van der Waals surface area contributed by atoms with Crippen molar-refractivity contribution in [1.29, 1.82) is 0 Å². The molecule has 2 aromatic heterocycles. The minimum atomic E-state index is 0.691. The Balaban J connectivity index is 1.78. The summed E-state index contributed by atoms with van der Waals surface area (Å²) in [5, 5.41) is 18.2. The molecule has 1 fully saturated rings. The van der Waals surface area contributed by atoms with Crippen LogP contribution in [0.4, 0.5) is 0 Å². The van der Waals surface area contributed by atoms with Crippen molar-refractivity contribution in [3.05, 3.63) is 16.7 Å². The van der Waals surface area contributed by atoms with Gasteiger partial charge in [0.1, 0.15) is 10.8 Å². The van der Waals surface area contributed by atoms with Crippen LogP contribution in [0.2, 0.25) is 0 Å². The third-order valence-electron chi connectivity index (χ3n) is 3.11. The third kappa shape index (κ3) is 2.82. The Morgan fingerprint density at radius 1 is 1.26 bits per heavy atom. The molecule has 0 amide bonds. The van der Waals surface area contributed by atoms with Gasteiger partial charge in [-0.25, -0.2) is 4.98 Å². The van der Waals surface area contributed by atoms with Gasteiger partial charge in [-0.1, -0.05) is 25.2 Å². The van der Waals surface area contributed by atoms with E-state index < -0.39 is 0 Å². The highest BCUT2D eigenvalue weighted by molar-refractivity contribution is 7.13. The molecule has 6 nitrogen and oxygen atoms in total. The molecule has 1 saturated carbocycles. The molecule has 1 aliphatic rings. The number of aromatic nitrogens is 5. The lowest BCUT2D eigenvalue weighted by Crippen LogP contribution is -2.14. The molecule has 0 saturated heterocycles. The largest absolute Gasteiger partial charge is 0.308 e. The lowest BCUT2D eigenvalue weighted by atomic mass is 10.4. The predicted molar refractivity (Wildman–Crippen MR) is 73.4 cm³/mol. The van der Waals surface area contributed by atoms with Crippen LogP contribution in [0.25, 0.3) is 5.13 Å². The van der Waals surface area contributed by atoms with Gasteiger partial charge >= 0.3 is 0 Å². The van der Waals surface area contributed by atoms with Gasteiger partial charge in [-0.2, -0.15) is 4.68 Å². The molecular weight excluding hydrogens is 260 g/mol. The molecule has 0 aliphatic heterocycles. The minimum Gasteiger partial charge on any atom is -0.308 e. The van der Waals surface area contributed by atoms with Crippen molar-refractivity contribution in [3.8, 4) is 5.13 Å². The molecule has 0 spiro atoms. The summed E-state index contributed by atoms with van der Waals surface area (Å²) >= 11 is 1.58. The lowest BCUT2D eigenvalue weighted by Gasteiger charge is -1.97. The van der Waals surface area contributed by atoms with Crippen LogP contribution >= 0.6 is 11.3 Å². The number of nitrogens with zero attached hydrogens (tertiary/aromatic N) is 5. The highest BCUT2D eigenvalue weighted by atomic mass is 32.1. The molecule has 19 heavy (non-hydrogen) atoms. The summed E-state index contributed by atoms with van der Waals surface area (Å²) < 4.78 is 1.83. The lowest BCUT2D eigenvalue weighted by molar-refractivity contribution is 0.677. The normalized spacial score (nSPS) is 15.1. The Morgan fingerprint density at radius 3 is 2.79 bits per heavy atom. The van der Waals surface area contributed by atoms with E-state index in [1.54, 1.807) is 11.3 Å². The van der Waals surface area contributed by atoms with Crippen LogP contribution in [0.15, 0.2) is 0 Å². The van der Waals surface area contributed by atoms with Crippen molar-refractivity contribution in [3.63, 3.8) is 0 Å². The first-order chi connectivity index (χ1) is 9.30. The van der Waals surface area contributed by atoms with Crippen LogP contribution in [0.5, 0.6) is 0 Å². The van der Waals surface area contributed by atoms with Gasteiger partial charge in [0.15, 0.2) is 5.82 Å². The summed E-state index contributed by atoms with van der Waals surface area (Å²) in [6, 6.07) is 0.691. The standard InChI is InChI=1S/C12H18N6S/c1-3-9-14-10(4-2)18(17-9)12-16-15-11(19-12)7-13-8-5-6-8/h8,13H,3-7H2,1-2H3. The van der Waals surface area contributed by atoms with Gasteiger partial charge in [-0.3, -0.25) is 0 Å². The first-order valence-electron chi connectivity index (χ1n) is 6.81. The van der Waals surface area contributed by atoms with E-state index in [2.05, 4.69) is 39.4 Å². The monoisotopic (exact) mass is 278 g/mol. The van der Waals surface area contributed by atoms with Crippen molar-refractivity contribution in [2.75, 3.05) is 0 Å². The number of hydrogen-bond donors (Lipinski definition) is 1. The van der Waals surface area contributed by atoms with E-state index in [9.17, 15) is 0 Å². The molecule has 0 unspecified atom stereocenters. The fraction of sp³-hybridized carbons (Fsp3) is 0.667. The summed E-state index contributed by atoms with van der Waals surface area (Å²) in [4.78, 5) is 4.49. The molecule has 7 heteroatoms. The second-order valence-electron chi connectivity index (χ2n) is 4.70. The molecule has 0 bridgehead atoms. The molecule has 0 aromatic carbocycles. The summed E-state index contributed by atoms with van der Waals surface area (Å²) in [5.41, 5.74) is 0. The van der Waals surface area contributed by atoms with E-state index in [4.69, 9.17) is 0 Å². The van der Waals surface area contributed by atoms with E-state index in [1.165, 1.54) is 12.8 Å². The Hall–Kier alpha value is -1.34. The summed E-state index contributed by atoms with van der Waals surface area (Å²) in [7, 11) is 0. The van der Waals surface area contributed by atoms with Crippen LogP contribution in [0.1, 0.15) is 43.3 Å². The van der Waals surface area contributed by atoms with Gasteiger partial charge in [-0.05, 0) is 12.8 Å². The molecule has 102 valence electrons. The van der Waals surface area contributed by atoms with Crippen molar-refractivity contribution in [2.45, 2.75) is 52.1 Å². The maximum absolute atomic E-state index is 4.49. The fourth-order valence-corrected chi connectivity index (χ4v) is 2.61. The van der Waals surface area contributed by atoms with Crippen LogP contribution in [0, 0.1) is 0 Å². The van der Waals surface area contributed by atoms with Gasteiger partial charge in [-0.15, -0.1) is 15.3 Å². The maximum atomic E-state index is 4.49. The number of aryl methyl sites for hydroxylation is 2. The third-order valence-corrected chi connectivity index (χ3v) is 4.01. The topological polar surface area (TPSA) is 68.5 Å². The van der Waals surface area contributed by atoms with Crippen molar-refractivity contribution in [1.82, 2.24) is 30.3 Å². The van der Waals surface area contributed by atoms with Gasteiger partial charge in [0, 0.05) is 18.9 Å². The highest BCUT2D eigenvalue weighted by Gasteiger charge is 2.21. The summed E-state index contributed by atoms with van der Waals surface area (Å²) in [6.07, 6.45) is 4.26. The molecule has 1 N–H and O–H groups in total. The van der Waals surface area contributed by atoms with Crippen LogP contribution in [0.3, 0.4) is 0 Å². The van der Waals surface area contributed by atoms with Gasteiger partial charge in [0.05, 0.1) is 6.54 Å². The zero-order valence-corrected chi connectivity index (χ0v) is 12.1. The number of hydrogen-bond acceptors (Lipinski definition) is 6. The molecular formula is C12H18N6S. The Bertz CT molecular complexity index is 556. The second-order valence-corrected chi connectivity index (χ2v) is 5.74. The smallest absolute Gasteiger partial charge is 0.234 e. The average Bonchev–Trinajstić information content (AvgIpc) is 3.00. The molecule has 2 heterocycles. The second kappa shape index (κ2) is 5.34. The van der Waals surface area contributed by atoms with Crippen LogP contribution in [-0.4, -0.2) is 31.0 Å². The van der Waals surface area contributed by atoms with Crippen molar-refractivity contribution < 1.29 is 0 Å². The Kier molecular flexibility index (Phi) is 3.56. The van der Waals surface area contributed by atoms with Crippen molar-refractivity contribution >= 4 is 11.3 Å². The van der Waals surface area contributed by atoms with Gasteiger partial charge < -0.3 is 5.32 Å². The molecule has 3 rings (SSSR count). The quantitative estimate of drug-likeness (QED) is 0.867. The molecule has 2 aromatic rings. The zero-order valence-electron chi connectivity index (χ0n) is 11.3. The number of rotatable bonds is 6. The Labute approximate surface area is 116 Å². The van der Waals surface area contributed by atoms with E-state index in [0.717, 1.165) is 41.2 Å². The maximum Gasteiger partial charge on any atom is 0.234 e. The van der Waals surface area contributed by atoms with E-state index in [0.29, 0.717) is 6.04 Å². The average molecular weight is 278 g/mol. The Morgan fingerprint density at radius 2 is 2.11 bits per heavy atom. The van der Waals surface area contributed by atoms with Gasteiger partial charge in [0.25, 0.3) is 0 Å². The van der Waals surface area contributed by atoms with E-state index in [-0.39, 0.29) is 0 Å². The van der Waals surface area contributed by atoms with Gasteiger partial charge in [0.2, 0.25) is 5.13 Å². The van der Waals surface area contributed by atoms with Crippen LogP contribution < -0.4 is 5.32 Å². The minimum absolute atomic E-state index is 0.691. The van der Waals surface area contributed by atoms with E-state index >= 15 is 0 Å². The SMILES string of the molecule is CCc1nc(CC)n(-c2nnc(CNC3CC3)s2)n1. The van der Waals surface area contributed by atoms with Crippen molar-refractivity contribution in [2.24, 2.45) is 0 Å². The molecule has 0 radical (unpaired) electrons. The van der Waals surface area contributed by atoms with Crippen LogP contribution in [-0.2, 0) is 19.4 Å². The highest BCUT2D eigenvalue weighted by Crippen LogP contribution is 2.21. The fourth-order valence-electron chi connectivity index (χ4n) is 1.84. The summed E-state index contributed by atoms with van der Waals surface area (Å²) in [5.74, 6) is 1.82. The predicted octanol–water partition coefficient (Wildman–Crippen LogP) is 1.50. The first-order valence-corrected chi connectivity index (χ1v) is 7.62. The first kappa shape index (κ1) is 12.7. The number of nitrogens with one attached hydrogen (secondary N) is 1.